The lowest BCUT2D eigenvalue weighted by Gasteiger charge is -2.32. The summed E-state index contributed by atoms with van der Waals surface area (Å²) in [5, 5.41) is 13.3. The van der Waals surface area contributed by atoms with Crippen molar-refractivity contribution in [1.29, 1.82) is 0 Å². The Hall–Kier alpha value is -4.13. The van der Waals surface area contributed by atoms with Crippen molar-refractivity contribution in [2.75, 3.05) is 28.6 Å². The highest BCUT2D eigenvalue weighted by Gasteiger charge is 2.35. The van der Waals surface area contributed by atoms with Crippen LogP contribution in [0.3, 0.4) is 0 Å². The van der Waals surface area contributed by atoms with E-state index in [0.29, 0.717) is 28.7 Å². The predicted octanol–water partition coefficient (Wildman–Crippen LogP) is 6.65. The Morgan fingerprint density at radius 2 is 1.87 bits per heavy atom. The van der Waals surface area contributed by atoms with Crippen molar-refractivity contribution in [3.63, 3.8) is 0 Å². The van der Waals surface area contributed by atoms with Gasteiger partial charge in [0.05, 0.1) is 11.1 Å². The molecular formula is C25H31F3N8OS. The molecule has 1 amide bonds. The van der Waals surface area contributed by atoms with Crippen molar-refractivity contribution in [1.82, 2.24) is 25.1 Å². The van der Waals surface area contributed by atoms with Crippen LogP contribution < -0.4 is 15.5 Å². The number of carbonyl (C=O) groups excluding carboxylic acids is 1. The number of amides is 1. The van der Waals surface area contributed by atoms with E-state index in [0.717, 1.165) is 48.2 Å². The van der Waals surface area contributed by atoms with E-state index in [1.54, 1.807) is 24.3 Å². The van der Waals surface area contributed by atoms with Crippen LogP contribution in [-0.2, 0) is 6.18 Å². The number of pyridine rings is 1. The average Bonchev–Trinajstić information content (AvgIpc) is 3.23. The summed E-state index contributed by atoms with van der Waals surface area (Å²) in [5.41, 5.74) is -0.316. The van der Waals surface area contributed by atoms with Gasteiger partial charge in [0.2, 0.25) is 0 Å². The molecule has 204 valence electrons. The van der Waals surface area contributed by atoms with Crippen LogP contribution in [0.2, 0.25) is 0 Å². The monoisotopic (exact) mass is 548 g/mol. The standard InChI is InChI=1S/C24H21F3N8OS.CH4.3H2/c1-14-11-20(34-33-14)30-19-12-21(35-9-2-10-35)32-23(31-19)37-16-5-3-15(4-6-16)29-22(36)17-7-8-28-13-18(17)24(25,26)27;;;;/h3-8,11-13H,2,9-10H2,1H3,(H,29,36)(H2,30,31,32,33,34);1H4;3*1H. The van der Waals surface area contributed by atoms with Gasteiger partial charge in [0.25, 0.3) is 5.91 Å². The van der Waals surface area contributed by atoms with Crippen LogP contribution in [0.5, 0.6) is 0 Å². The van der Waals surface area contributed by atoms with E-state index < -0.39 is 23.2 Å². The van der Waals surface area contributed by atoms with Gasteiger partial charge in [-0.05, 0) is 55.4 Å². The molecule has 1 saturated heterocycles. The molecule has 38 heavy (non-hydrogen) atoms. The Morgan fingerprint density at radius 1 is 1.11 bits per heavy atom. The Balaban J connectivity index is 0.00000210. The fourth-order valence-electron chi connectivity index (χ4n) is 3.57. The Bertz CT molecular complexity index is 1440. The lowest BCUT2D eigenvalue weighted by molar-refractivity contribution is -0.138. The van der Waals surface area contributed by atoms with Gasteiger partial charge in [0, 0.05) is 58.2 Å². The van der Waals surface area contributed by atoms with Crippen molar-refractivity contribution < 1.29 is 22.2 Å². The number of nitrogens with zero attached hydrogens (tertiary/aromatic N) is 5. The molecule has 1 aromatic carbocycles. The van der Waals surface area contributed by atoms with Crippen LogP contribution in [0.1, 0.15) is 39.7 Å². The number of rotatable bonds is 7. The van der Waals surface area contributed by atoms with E-state index >= 15 is 0 Å². The molecule has 0 atom stereocenters. The topological polar surface area (TPSA) is 112 Å². The molecule has 9 nitrogen and oxygen atoms in total. The summed E-state index contributed by atoms with van der Waals surface area (Å²) in [6.07, 6.45) is -1.80. The molecule has 1 aliphatic heterocycles. The minimum Gasteiger partial charge on any atom is -0.356 e. The molecule has 4 heterocycles. The van der Waals surface area contributed by atoms with Gasteiger partial charge in [0.15, 0.2) is 11.0 Å². The fraction of sp³-hybridized carbons (Fsp3) is 0.240. The number of nitrogens with one attached hydrogen (secondary N) is 3. The number of H-pyrrole nitrogens is 1. The van der Waals surface area contributed by atoms with E-state index in [2.05, 4.69) is 40.7 Å². The third kappa shape index (κ3) is 6.22. The minimum atomic E-state index is -4.68. The summed E-state index contributed by atoms with van der Waals surface area (Å²) < 4.78 is 39.6. The SMILES string of the molecule is C.Cc1cc(Nc2cc(N3CCC3)nc(Sc3ccc(NC(=O)c4ccncc4C(F)(F)F)cc3)n2)n[nH]1.[HH].[HH].[HH]. The molecular weight excluding hydrogens is 517 g/mol. The zero-order valence-corrected chi connectivity index (χ0v) is 20.3. The molecule has 0 spiro atoms. The summed E-state index contributed by atoms with van der Waals surface area (Å²) >= 11 is 1.33. The molecule has 3 N–H and O–H groups in total. The van der Waals surface area contributed by atoms with Crippen LogP contribution in [0.15, 0.2) is 64.9 Å². The van der Waals surface area contributed by atoms with Crippen LogP contribution in [-0.4, -0.2) is 44.1 Å². The second-order valence-electron chi connectivity index (χ2n) is 8.30. The van der Waals surface area contributed by atoms with E-state index in [1.807, 2.05) is 19.1 Å². The van der Waals surface area contributed by atoms with Crippen LogP contribution >= 0.6 is 11.8 Å². The maximum absolute atomic E-state index is 13.2. The second kappa shape index (κ2) is 11.1. The van der Waals surface area contributed by atoms with Gasteiger partial charge in [-0.2, -0.15) is 18.3 Å². The first kappa shape index (κ1) is 26.9. The van der Waals surface area contributed by atoms with Gasteiger partial charge < -0.3 is 15.5 Å². The smallest absolute Gasteiger partial charge is 0.356 e. The van der Waals surface area contributed by atoms with Crippen molar-refractivity contribution in [2.45, 2.75) is 37.0 Å². The summed E-state index contributed by atoms with van der Waals surface area (Å²) in [7, 11) is 0. The molecule has 13 heteroatoms. The van der Waals surface area contributed by atoms with Crippen molar-refractivity contribution in [3.8, 4) is 0 Å². The zero-order chi connectivity index (χ0) is 26.0. The molecule has 3 aromatic heterocycles. The molecule has 5 rings (SSSR count). The molecule has 0 radical (unpaired) electrons. The second-order valence-corrected chi connectivity index (χ2v) is 9.34. The lowest BCUT2D eigenvalue weighted by atomic mass is 10.1. The van der Waals surface area contributed by atoms with Gasteiger partial charge in [-0.15, -0.1) is 0 Å². The largest absolute Gasteiger partial charge is 0.418 e. The third-order valence-electron chi connectivity index (χ3n) is 5.53. The normalized spacial score (nSPS) is 12.9. The number of halogens is 3. The Labute approximate surface area is 225 Å². The Morgan fingerprint density at radius 3 is 2.50 bits per heavy atom. The van der Waals surface area contributed by atoms with E-state index in [-0.39, 0.29) is 11.7 Å². The van der Waals surface area contributed by atoms with Gasteiger partial charge in [-0.3, -0.25) is 14.9 Å². The van der Waals surface area contributed by atoms with E-state index in [1.165, 1.54) is 11.8 Å². The molecule has 1 aliphatic rings. The van der Waals surface area contributed by atoms with Crippen LogP contribution in [0.4, 0.5) is 36.3 Å². The Kier molecular flexibility index (Phi) is 7.86. The predicted molar refractivity (Wildman–Crippen MR) is 146 cm³/mol. The van der Waals surface area contributed by atoms with Gasteiger partial charge in [-0.25, -0.2) is 9.97 Å². The highest BCUT2D eigenvalue weighted by molar-refractivity contribution is 7.99. The number of carbonyl (C=O) groups is 1. The number of benzene rings is 1. The van der Waals surface area contributed by atoms with E-state index in [9.17, 15) is 18.0 Å². The van der Waals surface area contributed by atoms with Gasteiger partial charge in [-0.1, -0.05) is 7.43 Å². The summed E-state index contributed by atoms with van der Waals surface area (Å²) in [4.78, 5) is 28.2. The maximum atomic E-state index is 13.2. The minimum absolute atomic E-state index is 0. The summed E-state index contributed by atoms with van der Waals surface area (Å²) in [5.74, 6) is 1.18. The van der Waals surface area contributed by atoms with Gasteiger partial charge >= 0.3 is 6.18 Å². The number of aromatic amines is 1. The molecule has 0 saturated carbocycles. The molecule has 1 fully saturated rings. The van der Waals surface area contributed by atoms with Gasteiger partial charge in [0.1, 0.15) is 11.6 Å². The lowest BCUT2D eigenvalue weighted by Crippen LogP contribution is -2.37. The van der Waals surface area contributed by atoms with Crippen LogP contribution in [0, 0.1) is 6.92 Å². The summed E-state index contributed by atoms with van der Waals surface area (Å²) in [6.45, 7) is 3.75. The molecule has 4 aromatic rings. The number of hydrogen-bond acceptors (Lipinski definition) is 8. The first-order chi connectivity index (χ1) is 17.7. The molecule has 0 bridgehead atoms. The van der Waals surface area contributed by atoms with Crippen molar-refractivity contribution >= 4 is 40.8 Å². The highest BCUT2D eigenvalue weighted by Crippen LogP contribution is 2.33. The first-order valence-electron chi connectivity index (χ1n) is 11.3. The maximum Gasteiger partial charge on any atom is 0.418 e. The number of hydrogen-bond donors (Lipinski definition) is 3. The quantitative estimate of drug-likeness (QED) is 0.220. The fourth-order valence-corrected chi connectivity index (χ4v) is 4.34. The zero-order valence-electron chi connectivity index (χ0n) is 19.5. The van der Waals surface area contributed by atoms with E-state index in [4.69, 9.17) is 0 Å². The third-order valence-corrected chi connectivity index (χ3v) is 6.40. The number of aryl methyl sites for hydroxylation is 1. The molecule has 0 aliphatic carbocycles. The van der Waals surface area contributed by atoms with Crippen molar-refractivity contribution in [2.24, 2.45) is 0 Å². The number of alkyl halides is 3. The first-order valence-corrected chi connectivity index (χ1v) is 12.1. The van der Waals surface area contributed by atoms with Crippen LogP contribution in [0.25, 0.3) is 0 Å². The molecule has 0 unspecified atom stereocenters. The summed E-state index contributed by atoms with van der Waals surface area (Å²) in [6, 6.07) is 11.5. The average molecular weight is 549 g/mol. The number of aromatic nitrogens is 5. The highest BCUT2D eigenvalue weighted by atomic mass is 32.2. The van der Waals surface area contributed by atoms with Crippen molar-refractivity contribution in [3.05, 3.63) is 71.7 Å². The number of anilines is 4.